The van der Waals surface area contributed by atoms with Crippen molar-refractivity contribution in [1.29, 1.82) is 0 Å². The van der Waals surface area contributed by atoms with Crippen molar-refractivity contribution in [1.82, 2.24) is 19.8 Å². The minimum absolute atomic E-state index is 0.00389. The van der Waals surface area contributed by atoms with E-state index in [1.165, 1.54) is 0 Å². The van der Waals surface area contributed by atoms with Gasteiger partial charge in [0.05, 0.1) is 16.6 Å². The molecule has 1 atom stereocenters. The average Bonchev–Trinajstić information content (AvgIpc) is 3.23. The molecule has 2 heterocycles. The Kier molecular flexibility index (Phi) is 6.60. The molecule has 1 fully saturated rings. The number of nitrogens with one attached hydrogen (secondary N) is 2. The summed E-state index contributed by atoms with van der Waals surface area (Å²) in [4.78, 5) is 43.8. The van der Waals surface area contributed by atoms with Gasteiger partial charge in [-0.15, -0.1) is 0 Å². The monoisotopic (exact) mass is 499 g/mol. The lowest BCUT2D eigenvalue weighted by atomic mass is 9.98. The van der Waals surface area contributed by atoms with Gasteiger partial charge in [0, 0.05) is 25.6 Å². The number of carbonyl (C=O) groups is 2. The van der Waals surface area contributed by atoms with E-state index in [-0.39, 0.29) is 23.5 Å². The van der Waals surface area contributed by atoms with E-state index in [0.29, 0.717) is 32.4 Å². The molecule has 0 aliphatic carbocycles. The first kappa shape index (κ1) is 24.8. The SMILES string of the molecule is CC(C)(N)C(=O)NC(Cc1ccc2ccccc2c1)C(=O)N1CCC(n2c(=O)[nH]c3ccccc32)CC1. The number of benzene rings is 3. The van der Waals surface area contributed by atoms with E-state index >= 15 is 0 Å². The summed E-state index contributed by atoms with van der Waals surface area (Å²) in [6, 6.07) is 21.1. The van der Waals surface area contributed by atoms with Crippen molar-refractivity contribution in [2.75, 3.05) is 13.1 Å². The van der Waals surface area contributed by atoms with Crippen molar-refractivity contribution >= 4 is 33.6 Å². The number of likely N-dealkylation sites (tertiary alicyclic amines) is 1. The number of para-hydroxylation sites is 2. The Morgan fingerprint density at radius 2 is 1.70 bits per heavy atom. The van der Waals surface area contributed by atoms with Crippen molar-refractivity contribution in [3.8, 4) is 0 Å². The predicted molar refractivity (Wildman–Crippen MR) is 145 cm³/mol. The molecular formula is C29H33N5O3. The zero-order valence-corrected chi connectivity index (χ0v) is 21.2. The molecule has 37 heavy (non-hydrogen) atoms. The second kappa shape index (κ2) is 9.86. The topological polar surface area (TPSA) is 113 Å². The summed E-state index contributed by atoms with van der Waals surface area (Å²) < 4.78 is 1.81. The van der Waals surface area contributed by atoms with E-state index in [1.54, 1.807) is 18.7 Å². The van der Waals surface area contributed by atoms with Gasteiger partial charge in [-0.3, -0.25) is 14.2 Å². The van der Waals surface area contributed by atoms with Gasteiger partial charge in [0.1, 0.15) is 6.04 Å². The highest BCUT2D eigenvalue weighted by atomic mass is 16.2. The number of hydrogen-bond acceptors (Lipinski definition) is 4. The van der Waals surface area contributed by atoms with Crippen LogP contribution in [0.3, 0.4) is 0 Å². The van der Waals surface area contributed by atoms with Crippen LogP contribution in [0.25, 0.3) is 21.8 Å². The van der Waals surface area contributed by atoms with E-state index in [4.69, 9.17) is 5.73 Å². The van der Waals surface area contributed by atoms with Crippen molar-refractivity contribution in [2.45, 2.75) is 50.7 Å². The summed E-state index contributed by atoms with van der Waals surface area (Å²) in [6.07, 6.45) is 1.69. The molecule has 0 radical (unpaired) electrons. The number of H-pyrrole nitrogens is 1. The maximum atomic E-state index is 13.7. The van der Waals surface area contributed by atoms with E-state index < -0.39 is 11.6 Å². The highest BCUT2D eigenvalue weighted by Crippen LogP contribution is 2.26. The van der Waals surface area contributed by atoms with Crippen molar-refractivity contribution in [2.24, 2.45) is 5.73 Å². The summed E-state index contributed by atoms with van der Waals surface area (Å²) in [6.45, 7) is 4.27. The summed E-state index contributed by atoms with van der Waals surface area (Å²) in [5, 5.41) is 5.11. The maximum absolute atomic E-state index is 13.7. The first-order valence-corrected chi connectivity index (χ1v) is 12.8. The molecule has 8 nitrogen and oxygen atoms in total. The minimum atomic E-state index is -1.11. The fourth-order valence-electron chi connectivity index (χ4n) is 5.15. The second-order valence-corrected chi connectivity index (χ2v) is 10.5. The molecule has 192 valence electrons. The van der Waals surface area contributed by atoms with Gasteiger partial charge in [0.15, 0.2) is 0 Å². The fraction of sp³-hybridized carbons (Fsp3) is 0.345. The molecule has 3 aromatic carbocycles. The van der Waals surface area contributed by atoms with Crippen LogP contribution in [0.1, 0.15) is 38.3 Å². The standard InChI is InChI=1S/C29H33N5O3/c1-29(2,30)27(36)31-24(18-19-11-12-20-7-3-4-8-21(20)17-19)26(35)33-15-13-22(14-16-33)34-25-10-6-5-9-23(25)32-28(34)37/h3-12,17,22,24H,13-16,18,30H2,1-2H3,(H,31,36)(H,32,37). The number of imidazole rings is 1. The summed E-state index contributed by atoms with van der Waals surface area (Å²) in [5.74, 6) is -0.498. The lowest BCUT2D eigenvalue weighted by molar-refractivity contribution is -0.138. The molecule has 1 saturated heterocycles. The van der Waals surface area contributed by atoms with Gasteiger partial charge in [-0.05, 0) is 55.2 Å². The third-order valence-corrected chi connectivity index (χ3v) is 7.21. The number of aromatic nitrogens is 2. The highest BCUT2D eigenvalue weighted by Gasteiger charge is 2.33. The van der Waals surface area contributed by atoms with Crippen LogP contribution in [0, 0.1) is 0 Å². The number of fused-ring (bicyclic) bond motifs is 2. The van der Waals surface area contributed by atoms with Gasteiger partial charge in [-0.1, -0.05) is 54.6 Å². The Balaban J connectivity index is 1.34. The number of piperidine rings is 1. The Labute approximate surface area is 215 Å². The predicted octanol–water partition coefficient (Wildman–Crippen LogP) is 3.11. The summed E-state index contributed by atoms with van der Waals surface area (Å²) >= 11 is 0. The number of nitrogens with two attached hydrogens (primary N) is 1. The quantitative estimate of drug-likeness (QED) is 0.378. The second-order valence-electron chi connectivity index (χ2n) is 10.5. The lowest BCUT2D eigenvalue weighted by Crippen LogP contribution is -2.57. The van der Waals surface area contributed by atoms with Crippen LogP contribution in [-0.2, 0) is 16.0 Å². The molecule has 0 bridgehead atoms. The zero-order valence-electron chi connectivity index (χ0n) is 21.2. The highest BCUT2D eigenvalue weighted by molar-refractivity contribution is 5.92. The largest absolute Gasteiger partial charge is 0.342 e. The molecule has 2 amide bonds. The Morgan fingerprint density at radius 1 is 1.03 bits per heavy atom. The van der Waals surface area contributed by atoms with Gasteiger partial charge in [-0.2, -0.15) is 0 Å². The number of carbonyl (C=O) groups excluding carboxylic acids is 2. The van der Waals surface area contributed by atoms with E-state index in [2.05, 4.69) is 16.4 Å². The van der Waals surface area contributed by atoms with Crippen LogP contribution in [0.4, 0.5) is 0 Å². The Morgan fingerprint density at radius 3 is 2.43 bits per heavy atom. The fourth-order valence-corrected chi connectivity index (χ4v) is 5.15. The normalized spacial score (nSPS) is 15.7. The van der Waals surface area contributed by atoms with Crippen LogP contribution in [-0.4, -0.2) is 50.9 Å². The Bertz CT molecular complexity index is 1510. The van der Waals surface area contributed by atoms with Gasteiger partial charge in [-0.25, -0.2) is 4.79 Å². The molecular weight excluding hydrogens is 466 g/mol. The molecule has 1 unspecified atom stereocenters. The molecule has 1 aliphatic heterocycles. The van der Waals surface area contributed by atoms with Gasteiger partial charge < -0.3 is 20.9 Å². The van der Waals surface area contributed by atoms with Crippen molar-refractivity contribution < 1.29 is 9.59 Å². The molecule has 4 N–H and O–H groups in total. The van der Waals surface area contributed by atoms with E-state index in [1.807, 2.05) is 65.2 Å². The van der Waals surface area contributed by atoms with Crippen molar-refractivity contribution in [3.63, 3.8) is 0 Å². The first-order chi connectivity index (χ1) is 17.7. The molecule has 4 aromatic rings. The molecule has 5 rings (SSSR count). The third-order valence-electron chi connectivity index (χ3n) is 7.21. The van der Waals surface area contributed by atoms with Crippen LogP contribution in [0.2, 0.25) is 0 Å². The van der Waals surface area contributed by atoms with Crippen LogP contribution >= 0.6 is 0 Å². The minimum Gasteiger partial charge on any atom is -0.342 e. The summed E-state index contributed by atoms with van der Waals surface area (Å²) in [7, 11) is 0. The zero-order chi connectivity index (χ0) is 26.2. The molecule has 0 spiro atoms. The average molecular weight is 500 g/mol. The number of nitrogens with zero attached hydrogens (tertiary/aromatic N) is 2. The van der Waals surface area contributed by atoms with E-state index in [0.717, 1.165) is 27.4 Å². The lowest BCUT2D eigenvalue weighted by Gasteiger charge is -2.35. The van der Waals surface area contributed by atoms with Gasteiger partial charge in [0.2, 0.25) is 11.8 Å². The number of amides is 2. The van der Waals surface area contributed by atoms with Gasteiger partial charge in [0.25, 0.3) is 0 Å². The molecule has 8 heteroatoms. The van der Waals surface area contributed by atoms with Crippen LogP contribution in [0.15, 0.2) is 71.5 Å². The van der Waals surface area contributed by atoms with Gasteiger partial charge >= 0.3 is 5.69 Å². The van der Waals surface area contributed by atoms with Crippen LogP contribution in [0.5, 0.6) is 0 Å². The number of hydrogen-bond donors (Lipinski definition) is 3. The maximum Gasteiger partial charge on any atom is 0.326 e. The number of aromatic amines is 1. The molecule has 1 aromatic heterocycles. The third kappa shape index (κ3) is 5.15. The first-order valence-electron chi connectivity index (χ1n) is 12.8. The smallest absolute Gasteiger partial charge is 0.326 e. The van der Waals surface area contributed by atoms with Crippen molar-refractivity contribution in [3.05, 3.63) is 82.8 Å². The molecule has 1 aliphatic rings. The van der Waals surface area contributed by atoms with E-state index in [9.17, 15) is 14.4 Å². The molecule has 0 saturated carbocycles. The number of rotatable bonds is 6. The summed E-state index contributed by atoms with van der Waals surface area (Å²) in [5.41, 5.74) is 7.46. The Hall–Kier alpha value is -3.91. The van der Waals surface area contributed by atoms with Crippen LogP contribution < -0.4 is 16.7 Å².